The second-order valence-electron chi connectivity index (χ2n) is 20.1. The van der Waals surface area contributed by atoms with E-state index in [1.807, 2.05) is 6.08 Å². The molecule has 0 aromatic rings. The van der Waals surface area contributed by atoms with Gasteiger partial charge in [0.15, 0.2) is 12.6 Å². The van der Waals surface area contributed by atoms with Gasteiger partial charge >= 0.3 is 0 Å². The van der Waals surface area contributed by atoms with Gasteiger partial charge < -0.3 is 65.1 Å². The summed E-state index contributed by atoms with van der Waals surface area (Å²) < 4.78 is 22.7. The van der Waals surface area contributed by atoms with Crippen molar-refractivity contribution in [2.24, 2.45) is 0 Å². The molecular weight excluding hydrogens is 871 g/mol. The van der Waals surface area contributed by atoms with Gasteiger partial charge in [0.1, 0.15) is 48.8 Å². The molecule has 14 nitrogen and oxygen atoms in total. The maximum Gasteiger partial charge on any atom is 0.220 e. The lowest BCUT2D eigenvalue weighted by molar-refractivity contribution is -0.359. The predicted molar refractivity (Wildman–Crippen MR) is 268 cm³/mol. The Balaban J connectivity index is 1.66. The van der Waals surface area contributed by atoms with Crippen LogP contribution in [-0.4, -0.2) is 140 Å². The Kier molecular flexibility index (Phi) is 38.1. The third-order valence-electron chi connectivity index (χ3n) is 14.0. The predicted octanol–water partition coefficient (Wildman–Crippen LogP) is 8.33. The van der Waals surface area contributed by atoms with Crippen LogP contribution in [0.4, 0.5) is 0 Å². The highest BCUT2D eigenvalue weighted by molar-refractivity contribution is 5.76. The van der Waals surface area contributed by atoms with E-state index in [-0.39, 0.29) is 18.9 Å². The molecule has 2 heterocycles. The van der Waals surface area contributed by atoms with Crippen LogP contribution in [0.3, 0.4) is 0 Å². The molecule has 2 saturated heterocycles. The summed E-state index contributed by atoms with van der Waals surface area (Å²) in [7, 11) is 0. The number of allylic oxidation sites excluding steroid dienone is 1. The highest BCUT2D eigenvalue weighted by Gasteiger charge is 2.51. The van der Waals surface area contributed by atoms with Crippen molar-refractivity contribution in [1.29, 1.82) is 0 Å². The summed E-state index contributed by atoms with van der Waals surface area (Å²) in [4.78, 5) is 13.2. The summed E-state index contributed by atoms with van der Waals surface area (Å²) in [5.74, 6) is -0.238. The van der Waals surface area contributed by atoms with Gasteiger partial charge in [0.2, 0.25) is 5.91 Å². The average molecular weight is 974 g/mol. The van der Waals surface area contributed by atoms with E-state index in [2.05, 4.69) is 19.2 Å². The first kappa shape index (κ1) is 62.8. The van der Waals surface area contributed by atoms with Crippen LogP contribution in [0.25, 0.3) is 0 Å². The van der Waals surface area contributed by atoms with Gasteiger partial charge in [0.25, 0.3) is 0 Å². The van der Waals surface area contributed by atoms with Crippen molar-refractivity contribution in [2.75, 3.05) is 19.8 Å². The van der Waals surface area contributed by atoms with Crippen LogP contribution in [0.5, 0.6) is 0 Å². The minimum atomic E-state index is -1.78. The van der Waals surface area contributed by atoms with Crippen molar-refractivity contribution >= 4 is 5.91 Å². The average Bonchev–Trinajstić information content (AvgIpc) is 3.34. The lowest BCUT2D eigenvalue weighted by Gasteiger charge is -2.46. The number of amides is 1. The number of hydrogen-bond acceptors (Lipinski definition) is 13. The van der Waals surface area contributed by atoms with Gasteiger partial charge in [-0.05, 0) is 19.3 Å². The van der Waals surface area contributed by atoms with Crippen molar-refractivity contribution in [3.05, 3.63) is 12.2 Å². The van der Waals surface area contributed by atoms with E-state index in [9.17, 15) is 45.6 Å². The van der Waals surface area contributed by atoms with Crippen molar-refractivity contribution in [1.82, 2.24) is 5.32 Å². The minimum Gasteiger partial charge on any atom is -0.394 e. The summed E-state index contributed by atoms with van der Waals surface area (Å²) in [6, 6.07) is -0.907. The van der Waals surface area contributed by atoms with E-state index < -0.39 is 86.8 Å². The van der Waals surface area contributed by atoms with Crippen molar-refractivity contribution in [3.63, 3.8) is 0 Å². The third kappa shape index (κ3) is 27.5. The van der Waals surface area contributed by atoms with Crippen LogP contribution in [0.15, 0.2) is 12.2 Å². The number of unbranched alkanes of at least 4 members (excludes halogenated alkanes) is 31. The molecule has 0 saturated carbocycles. The van der Waals surface area contributed by atoms with Gasteiger partial charge in [-0.15, -0.1) is 0 Å². The molecule has 14 heteroatoms. The van der Waals surface area contributed by atoms with Crippen molar-refractivity contribution in [3.8, 4) is 0 Å². The van der Waals surface area contributed by atoms with Crippen LogP contribution >= 0.6 is 0 Å². The molecule has 0 bridgehead atoms. The smallest absolute Gasteiger partial charge is 0.220 e. The number of aliphatic hydroxyl groups is 8. The Morgan fingerprint density at radius 2 is 0.912 bits per heavy atom. The Hall–Kier alpha value is -1.27. The zero-order valence-corrected chi connectivity index (χ0v) is 42.9. The molecule has 1 amide bonds. The topological polar surface area (TPSA) is 228 Å². The SMILES string of the molecule is CCCCCCCC/C=C/C(O)C(COC1OC(CO)C(OC2OC(CO)C(O)C(O)C2O)C(O)C1O)NC(=O)CCCCCCCCCCCCCCCCCCCCCCCCCCCC. The van der Waals surface area contributed by atoms with E-state index in [1.54, 1.807) is 6.08 Å². The third-order valence-corrected chi connectivity index (χ3v) is 14.0. The molecule has 12 atom stereocenters. The number of carbonyl (C=O) groups excluding carboxylic acids is 1. The fourth-order valence-electron chi connectivity index (χ4n) is 9.41. The summed E-state index contributed by atoms with van der Waals surface area (Å²) in [5, 5.41) is 86.6. The highest BCUT2D eigenvalue weighted by Crippen LogP contribution is 2.30. The molecule has 0 aromatic carbocycles. The van der Waals surface area contributed by atoms with E-state index in [1.165, 1.54) is 161 Å². The molecule has 0 aliphatic carbocycles. The first-order valence-electron chi connectivity index (χ1n) is 27.9. The first-order valence-corrected chi connectivity index (χ1v) is 27.9. The number of hydrogen-bond donors (Lipinski definition) is 9. The van der Waals surface area contributed by atoms with Crippen LogP contribution in [0.1, 0.15) is 232 Å². The van der Waals surface area contributed by atoms with Gasteiger partial charge in [-0.1, -0.05) is 219 Å². The normalized spacial score (nSPS) is 26.4. The second-order valence-corrected chi connectivity index (χ2v) is 20.1. The molecule has 0 aromatic heterocycles. The fourth-order valence-corrected chi connectivity index (χ4v) is 9.41. The molecule has 0 radical (unpaired) electrons. The Morgan fingerprint density at radius 1 is 0.515 bits per heavy atom. The van der Waals surface area contributed by atoms with Crippen molar-refractivity contribution < 1.29 is 64.6 Å². The van der Waals surface area contributed by atoms with Gasteiger partial charge in [-0.2, -0.15) is 0 Å². The minimum absolute atomic E-state index is 0.238. The van der Waals surface area contributed by atoms with Crippen LogP contribution in [-0.2, 0) is 23.7 Å². The lowest BCUT2D eigenvalue weighted by atomic mass is 9.97. The van der Waals surface area contributed by atoms with E-state index in [4.69, 9.17) is 18.9 Å². The van der Waals surface area contributed by atoms with Crippen LogP contribution in [0.2, 0.25) is 0 Å². The Labute approximate surface area is 412 Å². The maximum atomic E-state index is 13.2. The summed E-state index contributed by atoms with van der Waals surface area (Å²) >= 11 is 0. The largest absolute Gasteiger partial charge is 0.394 e. The Morgan fingerprint density at radius 3 is 1.35 bits per heavy atom. The summed E-state index contributed by atoms with van der Waals surface area (Å²) in [6.45, 7) is 2.76. The number of carbonyl (C=O) groups is 1. The molecule has 68 heavy (non-hydrogen) atoms. The number of nitrogens with one attached hydrogen (secondary N) is 1. The van der Waals surface area contributed by atoms with E-state index >= 15 is 0 Å². The molecule has 2 aliphatic rings. The van der Waals surface area contributed by atoms with Crippen LogP contribution in [0, 0.1) is 0 Å². The van der Waals surface area contributed by atoms with Gasteiger partial charge in [-0.25, -0.2) is 0 Å². The molecule has 9 N–H and O–H groups in total. The first-order chi connectivity index (χ1) is 33.1. The Bertz CT molecular complexity index is 1200. The molecule has 2 fully saturated rings. The summed E-state index contributed by atoms with van der Waals surface area (Å²) in [5.41, 5.74) is 0. The zero-order valence-electron chi connectivity index (χ0n) is 42.9. The quantitative estimate of drug-likeness (QED) is 0.0207. The molecule has 0 spiro atoms. The van der Waals surface area contributed by atoms with Crippen molar-refractivity contribution in [2.45, 2.75) is 306 Å². The molecule has 12 unspecified atom stereocenters. The summed E-state index contributed by atoms with van der Waals surface area (Å²) in [6.07, 6.45) is 28.7. The standard InChI is InChI=1S/C54H103NO13/c1-3-5-7-9-11-13-14-15-16-17-18-19-20-21-22-23-24-25-26-27-28-29-30-32-34-36-38-46(59)55-42(43(58)37-35-33-31-12-10-8-6-4-2)41-65-53-51(64)49(62)52(45(40-57)67-53)68-54-50(63)48(61)47(60)44(39-56)66-54/h35,37,42-45,47-54,56-58,60-64H,3-34,36,38-41H2,1-2H3,(H,55,59)/b37-35+. The number of rotatable bonds is 44. The molecule has 2 rings (SSSR count). The molecule has 2 aliphatic heterocycles. The zero-order chi connectivity index (χ0) is 49.6. The van der Waals surface area contributed by atoms with E-state index in [0.717, 1.165) is 44.9 Å². The fraction of sp³-hybridized carbons (Fsp3) is 0.944. The second kappa shape index (κ2) is 41.2. The molecular formula is C54H103NO13. The number of aliphatic hydroxyl groups excluding tert-OH is 8. The van der Waals surface area contributed by atoms with Gasteiger partial charge in [-0.3, -0.25) is 4.79 Å². The van der Waals surface area contributed by atoms with Gasteiger partial charge in [0, 0.05) is 6.42 Å². The van der Waals surface area contributed by atoms with Crippen LogP contribution < -0.4 is 5.32 Å². The highest BCUT2D eigenvalue weighted by atomic mass is 16.7. The van der Waals surface area contributed by atoms with Gasteiger partial charge in [0.05, 0.1) is 32.0 Å². The maximum absolute atomic E-state index is 13.2. The monoisotopic (exact) mass is 974 g/mol. The lowest BCUT2D eigenvalue weighted by Crippen LogP contribution is -2.65. The molecule has 402 valence electrons. The number of ether oxygens (including phenoxy) is 4. The van der Waals surface area contributed by atoms with E-state index in [0.29, 0.717) is 6.42 Å².